The zero-order chi connectivity index (χ0) is 12.8. The van der Waals surface area contributed by atoms with Gasteiger partial charge in [-0.2, -0.15) is 0 Å². The Morgan fingerprint density at radius 3 is 2.72 bits per heavy atom. The maximum absolute atomic E-state index is 3.56. The summed E-state index contributed by atoms with van der Waals surface area (Å²) >= 11 is 0. The molecule has 0 amide bonds. The second kappa shape index (κ2) is 4.13. The third kappa shape index (κ3) is 1.67. The van der Waals surface area contributed by atoms with Crippen molar-refractivity contribution in [2.75, 3.05) is 13.6 Å². The zero-order valence-corrected chi connectivity index (χ0v) is 11.6. The Labute approximate surface area is 109 Å². The molecule has 3 rings (SSSR count). The van der Waals surface area contributed by atoms with E-state index in [1.807, 2.05) is 0 Å². The van der Waals surface area contributed by atoms with Crippen LogP contribution in [0.4, 0.5) is 0 Å². The maximum atomic E-state index is 3.56. The molecule has 2 N–H and O–H groups in total. The molecule has 0 radical (unpaired) electrons. The van der Waals surface area contributed by atoms with Crippen molar-refractivity contribution in [1.82, 2.24) is 10.3 Å². The molecule has 96 valence electrons. The topological polar surface area (TPSA) is 27.8 Å². The third-order valence-electron chi connectivity index (χ3n) is 4.36. The Morgan fingerprint density at radius 1 is 1.33 bits per heavy atom. The van der Waals surface area contributed by atoms with E-state index >= 15 is 0 Å². The van der Waals surface area contributed by atoms with E-state index in [4.69, 9.17) is 0 Å². The van der Waals surface area contributed by atoms with Gasteiger partial charge in [-0.1, -0.05) is 13.0 Å². The van der Waals surface area contributed by atoms with Crippen molar-refractivity contribution < 1.29 is 0 Å². The summed E-state index contributed by atoms with van der Waals surface area (Å²) in [6.45, 7) is 5.54. The smallest absolute Gasteiger partial charge is 0.0459 e. The van der Waals surface area contributed by atoms with Crippen LogP contribution in [0, 0.1) is 6.92 Å². The summed E-state index contributed by atoms with van der Waals surface area (Å²) < 4.78 is 0. The van der Waals surface area contributed by atoms with Crippen LogP contribution in [0.3, 0.4) is 0 Å². The van der Waals surface area contributed by atoms with Gasteiger partial charge in [0.1, 0.15) is 0 Å². The van der Waals surface area contributed by atoms with Gasteiger partial charge in [0.15, 0.2) is 0 Å². The van der Waals surface area contributed by atoms with E-state index in [0.717, 1.165) is 13.0 Å². The summed E-state index contributed by atoms with van der Waals surface area (Å²) in [6.07, 6.45) is 3.74. The Kier molecular flexibility index (Phi) is 2.70. The number of rotatable bonds is 4. The van der Waals surface area contributed by atoms with Gasteiger partial charge >= 0.3 is 0 Å². The molecule has 0 atom stereocenters. The predicted molar refractivity (Wildman–Crippen MR) is 77.3 cm³/mol. The van der Waals surface area contributed by atoms with E-state index in [-0.39, 0.29) is 0 Å². The molecule has 0 saturated heterocycles. The summed E-state index contributed by atoms with van der Waals surface area (Å²) in [6, 6.07) is 6.85. The Balaban J connectivity index is 2.18. The fraction of sp³-hybridized carbons (Fsp3) is 0.500. The number of hydrogen-bond donors (Lipinski definition) is 2. The predicted octanol–water partition coefficient (Wildman–Crippen LogP) is 3.29. The van der Waals surface area contributed by atoms with Gasteiger partial charge in [0.25, 0.3) is 0 Å². The van der Waals surface area contributed by atoms with E-state index in [1.165, 1.54) is 35.0 Å². The first-order valence-corrected chi connectivity index (χ1v) is 6.96. The Morgan fingerprint density at radius 2 is 2.11 bits per heavy atom. The van der Waals surface area contributed by atoms with Gasteiger partial charge in [0, 0.05) is 28.6 Å². The lowest BCUT2D eigenvalue weighted by molar-refractivity contribution is 0.625. The maximum Gasteiger partial charge on any atom is 0.0459 e. The molecule has 1 aromatic carbocycles. The van der Waals surface area contributed by atoms with Gasteiger partial charge in [0.2, 0.25) is 0 Å². The highest BCUT2D eigenvalue weighted by molar-refractivity contribution is 5.87. The molecule has 1 aliphatic carbocycles. The highest BCUT2D eigenvalue weighted by atomic mass is 14.9. The van der Waals surface area contributed by atoms with Crippen molar-refractivity contribution in [3.05, 3.63) is 35.0 Å². The molecular weight excluding hydrogens is 220 g/mol. The number of benzene rings is 1. The van der Waals surface area contributed by atoms with E-state index in [9.17, 15) is 0 Å². The third-order valence-corrected chi connectivity index (χ3v) is 4.36. The van der Waals surface area contributed by atoms with Crippen LogP contribution in [0.5, 0.6) is 0 Å². The van der Waals surface area contributed by atoms with Crippen LogP contribution < -0.4 is 5.32 Å². The summed E-state index contributed by atoms with van der Waals surface area (Å²) in [7, 11) is 2.06. The molecule has 18 heavy (non-hydrogen) atoms. The quantitative estimate of drug-likeness (QED) is 0.846. The van der Waals surface area contributed by atoms with Crippen molar-refractivity contribution in [2.24, 2.45) is 0 Å². The van der Waals surface area contributed by atoms with Crippen molar-refractivity contribution in [2.45, 2.75) is 38.5 Å². The van der Waals surface area contributed by atoms with E-state index in [2.05, 4.69) is 49.4 Å². The number of H-pyrrole nitrogens is 1. The highest BCUT2D eigenvalue weighted by Crippen LogP contribution is 2.51. The van der Waals surface area contributed by atoms with Gasteiger partial charge in [-0.05, 0) is 56.5 Å². The van der Waals surface area contributed by atoms with Crippen LogP contribution in [-0.4, -0.2) is 18.6 Å². The van der Waals surface area contributed by atoms with Crippen molar-refractivity contribution in [3.8, 4) is 0 Å². The Hall–Kier alpha value is -1.28. The van der Waals surface area contributed by atoms with Gasteiger partial charge in [0.05, 0.1) is 0 Å². The number of aromatic amines is 1. The molecule has 0 aliphatic heterocycles. The van der Waals surface area contributed by atoms with Crippen LogP contribution in [0.1, 0.15) is 36.6 Å². The molecule has 2 aromatic rings. The lowest BCUT2D eigenvalue weighted by Gasteiger charge is -2.15. The van der Waals surface area contributed by atoms with E-state index in [0.29, 0.717) is 5.41 Å². The Bertz CT molecular complexity index is 576. The molecule has 2 heteroatoms. The lowest BCUT2D eigenvalue weighted by atomic mass is 9.92. The zero-order valence-electron chi connectivity index (χ0n) is 11.6. The SMILES string of the molecule is CCc1ccc2[nH]c(C)c(C3(CNC)CC3)c2c1. The van der Waals surface area contributed by atoms with Gasteiger partial charge < -0.3 is 10.3 Å². The fourth-order valence-electron chi connectivity index (χ4n) is 3.28. The van der Waals surface area contributed by atoms with Gasteiger partial charge in [-0.15, -0.1) is 0 Å². The van der Waals surface area contributed by atoms with Crippen LogP contribution in [0.15, 0.2) is 18.2 Å². The second-order valence-electron chi connectivity index (χ2n) is 5.67. The van der Waals surface area contributed by atoms with E-state index < -0.39 is 0 Å². The number of fused-ring (bicyclic) bond motifs is 1. The number of hydrogen-bond acceptors (Lipinski definition) is 1. The van der Waals surface area contributed by atoms with Crippen LogP contribution in [0.2, 0.25) is 0 Å². The molecular formula is C16H22N2. The lowest BCUT2D eigenvalue weighted by Crippen LogP contribution is -2.24. The number of aryl methyl sites for hydroxylation is 2. The van der Waals surface area contributed by atoms with Crippen LogP contribution in [-0.2, 0) is 11.8 Å². The van der Waals surface area contributed by atoms with Crippen LogP contribution >= 0.6 is 0 Å². The van der Waals surface area contributed by atoms with Crippen molar-refractivity contribution >= 4 is 10.9 Å². The first-order valence-electron chi connectivity index (χ1n) is 6.96. The molecule has 0 unspecified atom stereocenters. The normalized spacial score (nSPS) is 17.3. The number of likely N-dealkylation sites (N-methyl/N-ethyl adjacent to an activating group) is 1. The van der Waals surface area contributed by atoms with Crippen LogP contribution in [0.25, 0.3) is 10.9 Å². The molecule has 1 aromatic heterocycles. The molecule has 1 fully saturated rings. The monoisotopic (exact) mass is 242 g/mol. The minimum atomic E-state index is 0.392. The number of aromatic nitrogens is 1. The highest BCUT2D eigenvalue weighted by Gasteiger charge is 2.46. The first kappa shape index (κ1) is 11.8. The largest absolute Gasteiger partial charge is 0.358 e. The molecule has 0 spiro atoms. The van der Waals surface area contributed by atoms with Crippen molar-refractivity contribution in [1.29, 1.82) is 0 Å². The molecule has 0 bridgehead atoms. The molecule has 1 saturated carbocycles. The van der Waals surface area contributed by atoms with Gasteiger partial charge in [-0.3, -0.25) is 0 Å². The average Bonchev–Trinajstić information content (AvgIpc) is 3.04. The molecule has 1 heterocycles. The van der Waals surface area contributed by atoms with Gasteiger partial charge in [-0.25, -0.2) is 0 Å². The minimum absolute atomic E-state index is 0.392. The van der Waals surface area contributed by atoms with E-state index in [1.54, 1.807) is 5.56 Å². The first-order chi connectivity index (χ1) is 8.70. The minimum Gasteiger partial charge on any atom is -0.358 e. The summed E-state index contributed by atoms with van der Waals surface area (Å²) in [4.78, 5) is 3.56. The molecule has 1 aliphatic rings. The average molecular weight is 242 g/mol. The number of nitrogens with one attached hydrogen (secondary N) is 2. The molecule has 2 nitrogen and oxygen atoms in total. The summed E-state index contributed by atoms with van der Waals surface area (Å²) in [5.41, 5.74) is 6.03. The van der Waals surface area contributed by atoms with Crippen molar-refractivity contribution in [3.63, 3.8) is 0 Å². The standard InChI is InChI=1S/C16H22N2/c1-4-12-5-6-14-13(9-12)15(11(2)18-14)16(7-8-16)10-17-3/h5-6,9,17-18H,4,7-8,10H2,1-3H3. The second-order valence-corrected chi connectivity index (χ2v) is 5.67. The summed E-state index contributed by atoms with van der Waals surface area (Å²) in [5, 5.41) is 4.81. The summed E-state index contributed by atoms with van der Waals surface area (Å²) in [5.74, 6) is 0. The fourth-order valence-corrected chi connectivity index (χ4v) is 3.28.